The zero-order chi connectivity index (χ0) is 17.0. The first-order valence-electron chi connectivity index (χ1n) is 7.37. The molecule has 0 atom stereocenters. The number of benzene rings is 2. The molecule has 0 amide bonds. The number of imidazole rings is 1. The molecular formula is C18H13BrN2O2S. The molecule has 4 aromatic rings. The highest BCUT2D eigenvalue weighted by molar-refractivity contribution is 9.10. The number of hydrogen-bond acceptors (Lipinski definition) is 4. The molecule has 0 saturated carbocycles. The van der Waals surface area contributed by atoms with Crippen molar-refractivity contribution < 1.29 is 5.11 Å². The molecule has 4 rings (SSSR count). The molecule has 0 aliphatic carbocycles. The van der Waals surface area contributed by atoms with Crippen LogP contribution in [0.5, 0.6) is 5.75 Å². The standard InChI is InChI=1S/C18H13BrN2O2S/c1-9-7-13-16(15(19)10(9)2)20-18-21(13)17(23)14(24-18)8-11-3-5-12(22)6-4-11/h3-8,22H,1-2H3/b14-8+. The van der Waals surface area contributed by atoms with Crippen molar-refractivity contribution in [1.82, 2.24) is 9.38 Å². The van der Waals surface area contributed by atoms with E-state index in [-0.39, 0.29) is 11.3 Å². The van der Waals surface area contributed by atoms with E-state index in [1.807, 2.05) is 26.0 Å². The zero-order valence-electron chi connectivity index (χ0n) is 13.0. The number of phenolic OH excluding ortho intramolecular Hbond substituents is 1. The second-order valence-corrected chi connectivity index (χ2v) is 7.54. The molecule has 0 aliphatic rings. The fourth-order valence-electron chi connectivity index (χ4n) is 2.70. The van der Waals surface area contributed by atoms with Gasteiger partial charge < -0.3 is 5.11 Å². The Morgan fingerprint density at radius 1 is 1.25 bits per heavy atom. The van der Waals surface area contributed by atoms with Gasteiger partial charge in [0.25, 0.3) is 5.56 Å². The molecule has 0 saturated heterocycles. The molecule has 4 nitrogen and oxygen atoms in total. The number of aromatic hydroxyl groups is 1. The third-order valence-corrected chi connectivity index (χ3v) is 6.11. The highest BCUT2D eigenvalue weighted by Gasteiger charge is 2.15. The number of thiazole rings is 1. The van der Waals surface area contributed by atoms with Crippen molar-refractivity contribution in [2.45, 2.75) is 13.8 Å². The number of nitrogens with zero attached hydrogens (tertiary/aromatic N) is 2. The second-order valence-electron chi connectivity index (χ2n) is 5.74. The van der Waals surface area contributed by atoms with Crippen molar-refractivity contribution in [3.05, 3.63) is 66.4 Å². The highest BCUT2D eigenvalue weighted by Crippen LogP contribution is 2.30. The van der Waals surface area contributed by atoms with Crippen LogP contribution >= 0.6 is 27.3 Å². The van der Waals surface area contributed by atoms with Gasteiger partial charge in [-0.3, -0.25) is 4.79 Å². The van der Waals surface area contributed by atoms with Crippen molar-refractivity contribution in [1.29, 1.82) is 0 Å². The van der Waals surface area contributed by atoms with Gasteiger partial charge in [-0.05, 0) is 70.7 Å². The van der Waals surface area contributed by atoms with Crippen LogP contribution in [0.3, 0.4) is 0 Å². The Kier molecular flexibility index (Phi) is 3.47. The van der Waals surface area contributed by atoms with Crippen LogP contribution < -0.4 is 10.1 Å². The summed E-state index contributed by atoms with van der Waals surface area (Å²) in [6, 6.07) is 8.77. The van der Waals surface area contributed by atoms with Crippen LogP contribution in [-0.4, -0.2) is 14.5 Å². The summed E-state index contributed by atoms with van der Waals surface area (Å²) in [6.45, 7) is 4.06. The second kappa shape index (κ2) is 5.43. The van der Waals surface area contributed by atoms with Crippen molar-refractivity contribution in [2.24, 2.45) is 0 Å². The number of aryl methyl sites for hydroxylation is 1. The summed E-state index contributed by atoms with van der Waals surface area (Å²) < 4.78 is 3.24. The molecule has 2 aromatic carbocycles. The molecule has 120 valence electrons. The molecule has 0 unspecified atom stereocenters. The maximum absolute atomic E-state index is 12.8. The smallest absolute Gasteiger partial charge is 0.274 e. The van der Waals surface area contributed by atoms with Gasteiger partial charge in [0.1, 0.15) is 11.3 Å². The lowest BCUT2D eigenvalue weighted by molar-refractivity contribution is 0.475. The molecule has 24 heavy (non-hydrogen) atoms. The zero-order valence-corrected chi connectivity index (χ0v) is 15.4. The Labute approximate surface area is 149 Å². The predicted molar refractivity (Wildman–Crippen MR) is 101 cm³/mol. The van der Waals surface area contributed by atoms with Gasteiger partial charge in [0.05, 0.1) is 10.0 Å². The largest absolute Gasteiger partial charge is 0.508 e. The van der Waals surface area contributed by atoms with Crippen molar-refractivity contribution in [3.63, 3.8) is 0 Å². The van der Waals surface area contributed by atoms with Crippen molar-refractivity contribution in [3.8, 4) is 5.75 Å². The van der Waals surface area contributed by atoms with E-state index in [0.29, 0.717) is 9.49 Å². The Hall–Kier alpha value is -2.18. The lowest BCUT2D eigenvalue weighted by Crippen LogP contribution is -2.22. The van der Waals surface area contributed by atoms with Crippen LogP contribution in [0.25, 0.3) is 22.1 Å². The monoisotopic (exact) mass is 400 g/mol. The number of rotatable bonds is 1. The number of hydrogen-bond donors (Lipinski definition) is 1. The Morgan fingerprint density at radius 3 is 2.67 bits per heavy atom. The van der Waals surface area contributed by atoms with Crippen molar-refractivity contribution in [2.75, 3.05) is 0 Å². The number of fused-ring (bicyclic) bond motifs is 3. The van der Waals surface area contributed by atoms with Gasteiger partial charge in [-0.1, -0.05) is 23.5 Å². The minimum atomic E-state index is -0.0688. The van der Waals surface area contributed by atoms with Gasteiger partial charge in [-0.2, -0.15) is 0 Å². The molecule has 6 heteroatoms. The van der Waals surface area contributed by atoms with Crippen LogP contribution in [0.4, 0.5) is 0 Å². The van der Waals surface area contributed by atoms with Gasteiger partial charge >= 0.3 is 0 Å². The third-order valence-electron chi connectivity index (χ3n) is 4.17. The molecule has 1 N–H and O–H groups in total. The van der Waals surface area contributed by atoms with Crippen LogP contribution in [0.2, 0.25) is 0 Å². The van der Waals surface area contributed by atoms with E-state index in [2.05, 4.69) is 20.9 Å². The number of phenols is 1. The average molecular weight is 401 g/mol. The summed E-state index contributed by atoms with van der Waals surface area (Å²) in [7, 11) is 0. The topological polar surface area (TPSA) is 54.6 Å². The highest BCUT2D eigenvalue weighted by atomic mass is 79.9. The Balaban J connectivity index is 2.03. The molecule has 0 bridgehead atoms. The summed E-state index contributed by atoms with van der Waals surface area (Å²) in [6.07, 6.45) is 1.82. The summed E-state index contributed by atoms with van der Waals surface area (Å²) in [4.78, 5) is 18.1. The molecule has 2 aromatic heterocycles. The number of halogens is 1. The maximum atomic E-state index is 12.8. The summed E-state index contributed by atoms with van der Waals surface area (Å²) >= 11 is 4.96. The molecule has 0 fully saturated rings. The third kappa shape index (κ3) is 2.25. The SMILES string of the molecule is Cc1cc2c(nc3s/c(=C/c4ccc(O)cc4)c(=O)n32)c(Br)c1C. The average Bonchev–Trinajstić information content (AvgIpc) is 3.05. The van der Waals surface area contributed by atoms with Gasteiger partial charge in [0.15, 0.2) is 4.96 Å². The minimum Gasteiger partial charge on any atom is -0.508 e. The van der Waals surface area contributed by atoms with E-state index in [9.17, 15) is 9.90 Å². The molecule has 0 aliphatic heterocycles. The van der Waals surface area contributed by atoms with E-state index < -0.39 is 0 Å². The first kappa shape index (κ1) is 15.4. The van der Waals surface area contributed by atoms with E-state index in [1.165, 1.54) is 11.3 Å². The van der Waals surface area contributed by atoms with Gasteiger partial charge in [-0.25, -0.2) is 9.38 Å². The van der Waals surface area contributed by atoms with E-state index in [0.717, 1.165) is 32.2 Å². The normalized spacial score (nSPS) is 12.5. The van der Waals surface area contributed by atoms with Crippen LogP contribution in [0.1, 0.15) is 16.7 Å². The summed E-state index contributed by atoms with van der Waals surface area (Å²) in [5, 5.41) is 9.36. The first-order valence-corrected chi connectivity index (χ1v) is 8.98. The Bertz CT molecular complexity index is 1210. The van der Waals surface area contributed by atoms with E-state index in [4.69, 9.17) is 0 Å². The van der Waals surface area contributed by atoms with Crippen molar-refractivity contribution >= 4 is 49.3 Å². The molecule has 0 radical (unpaired) electrons. The fraction of sp³-hybridized carbons (Fsp3) is 0.111. The van der Waals surface area contributed by atoms with Gasteiger partial charge in [0, 0.05) is 4.47 Å². The predicted octanol–water partition coefficient (Wildman–Crippen LogP) is 3.54. The van der Waals surface area contributed by atoms with Crippen LogP contribution in [0.15, 0.2) is 39.6 Å². The number of aromatic nitrogens is 2. The van der Waals surface area contributed by atoms with E-state index in [1.54, 1.807) is 28.7 Å². The van der Waals surface area contributed by atoms with Gasteiger partial charge in [0.2, 0.25) is 0 Å². The lowest BCUT2D eigenvalue weighted by atomic mass is 10.1. The summed E-state index contributed by atoms with van der Waals surface area (Å²) in [5.74, 6) is 0.206. The lowest BCUT2D eigenvalue weighted by Gasteiger charge is -2.03. The Morgan fingerprint density at radius 2 is 1.96 bits per heavy atom. The van der Waals surface area contributed by atoms with Crippen LogP contribution in [-0.2, 0) is 0 Å². The summed E-state index contributed by atoms with van der Waals surface area (Å²) in [5.41, 5.74) is 4.69. The quantitative estimate of drug-likeness (QED) is 0.531. The first-order chi connectivity index (χ1) is 11.5. The van der Waals surface area contributed by atoms with Gasteiger partial charge in [-0.15, -0.1) is 0 Å². The maximum Gasteiger partial charge on any atom is 0.274 e. The molecule has 0 spiro atoms. The minimum absolute atomic E-state index is 0.0688. The van der Waals surface area contributed by atoms with E-state index >= 15 is 0 Å². The van der Waals surface area contributed by atoms with Crippen LogP contribution in [0, 0.1) is 13.8 Å². The fourth-order valence-corrected chi connectivity index (χ4v) is 4.28. The molecular weight excluding hydrogens is 388 g/mol. The molecule has 2 heterocycles.